The maximum Gasteiger partial charge on any atom is 0.284 e. The maximum absolute atomic E-state index is 12.5. The summed E-state index contributed by atoms with van der Waals surface area (Å²) in [5.74, 6) is 1.07. The first-order chi connectivity index (χ1) is 14.2. The molecule has 2 N–H and O–H groups in total. The lowest BCUT2D eigenvalue weighted by molar-refractivity contribution is -0.130. The van der Waals surface area contributed by atoms with Crippen molar-refractivity contribution in [1.29, 1.82) is 0 Å². The second-order valence-electron chi connectivity index (χ2n) is 7.84. The molecule has 3 rings (SSSR count). The van der Waals surface area contributed by atoms with E-state index in [1.165, 1.54) is 20.4 Å². The van der Waals surface area contributed by atoms with E-state index >= 15 is 0 Å². The highest BCUT2D eigenvalue weighted by molar-refractivity contribution is 5.86. The highest BCUT2D eigenvalue weighted by Gasteiger charge is 2.28. The average molecular weight is 414 g/mol. The quantitative estimate of drug-likeness (QED) is 0.577. The van der Waals surface area contributed by atoms with Gasteiger partial charge in [0.25, 0.3) is 5.91 Å². The number of phenols is 1. The van der Waals surface area contributed by atoms with Gasteiger partial charge in [-0.1, -0.05) is 26.8 Å². The summed E-state index contributed by atoms with van der Waals surface area (Å²) in [5.41, 5.74) is 4.05. The third-order valence-electron chi connectivity index (χ3n) is 4.65. The summed E-state index contributed by atoms with van der Waals surface area (Å²) in [6, 6.07) is 8.88. The van der Waals surface area contributed by atoms with Gasteiger partial charge in [0, 0.05) is 5.56 Å². The highest BCUT2D eigenvalue weighted by atomic mass is 16.6. The lowest BCUT2D eigenvalue weighted by Crippen LogP contribution is -2.42. The van der Waals surface area contributed by atoms with Gasteiger partial charge in [-0.3, -0.25) is 4.79 Å². The van der Waals surface area contributed by atoms with Crippen LogP contribution in [0.2, 0.25) is 0 Å². The van der Waals surface area contributed by atoms with Crippen molar-refractivity contribution in [1.82, 2.24) is 5.43 Å². The molecule has 1 aliphatic rings. The van der Waals surface area contributed by atoms with Gasteiger partial charge in [-0.15, -0.1) is 0 Å². The Morgan fingerprint density at radius 1 is 1.17 bits per heavy atom. The van der Waals surface area contributed by atoms with E-state index in [9.17, 15) is 9.90 Å². The molecule has 2 aromatic carbocycles. The van der Waals surface area contributed by atoms with Crippen molar-refractivity contribution in [2.24, 2.45) is 5.10 Å². The monoisotopic (exact) mass is 414 g/mol. The van der Waals surface area contributed by atoms with Crippen LogP contribution in [-0.2, 0) is 10.2 Å². The predicted octanol–water partition coefficient (Wildman–Crippen LogP) is 3.00. The Balaban J connectivity index is 1.68. The molecule has 8 nitrogen and oxygen atoms in total. The molecule has 0 saturated carbocycles. The molecule has 8 heteroatoms. The van der Waals surface area contributed by atoms with Gasteiger partial charge in [0.1, 0.15) is 6.61 Å². The van der Waals surface area contributed by atoms with Crippen LogP contribution in [0.4, 0.5) is 0 Å². The zero-order chi connectivity index (χ0) is 21.9. The van der Waals surface area contributed by atoms with Crippen molar-refractivity contribution in [3.05, 3.63) is 41.5 Å². The number of hydrazone groups is 1. The summed E-state index contributed by atoms with van der Waals surface area (Å²) in [6.45, 7) is 6.39. The maximum atomic E-state index is 12.5. The third kappa shape index (κ3) is 4.59. The second-order valence-corrected chi connectivity index (χ2v) is 7.84. The number of aromatic hydroxyl groups is 1. The summed E-state index contributed by atoms with van der Waals surface area (Å²) in [6.07, 6.45) is 0.589. The first kappa shape index (κ1) is 21.3. The minimum absolute atomic E-state index is 0.0515. The van der Waals surface area contributed by atoms with Crippen LogP contribution in [-0.4, -0.2) is 44.2 Å². The van der Waals surface area contributed by atoms with Crippen LogP contribution in [0.15, 0.2) is 35.4 Å². The number of amides is 1. The van der Waals surface area contributed by atoms with Crippen molar-refractivity contribution in [3.63, 3.8) is 0 Å². The largest absolute Gasteiger partial charge is 0.502 e. The van der Waals surface area contributed by atoms with E-state index in [1.807, 2.05) is 18.2 Å². The first-order valence-electron chi connectivity index (χ1n) is 9.45. The zero-order valence-corrected chi connectivity index (χ0v) is 17.7. The van der Waals surface area contributed by atoms with Crippen LogP contribution >= 0.6 is 0 Å². The Bertz CT molecular complexity index is 940. The lowest BCUT2D eigenvalue weighted by atomic mass is 9.87. The molecule has 0 fully saturated rings. The molecule has 0 aromatic heterocycles. The van der Waals surface area contributed by atoms with Crippen LogP contribution in [0.25, 0.3) is 0 Å². The normalized spacial score (nSPS) is 15.7. The third-order valence-corrected chi connectivity index (χ3v) is 4.65. The van der Waals surface area contributed by atoms with Crippen molar-refractivity contribution in [3.8, 4) is 28.7 Å². The molecule has 0 bridgehead atoms. The molecule has 0 aliphatic carbocycles. The van der Waals surface area contributed by atoms with Crippen molar-refractivity contribution in [2.45, 2.75) is 32.3 Å². The van der Waals surface area contributed by atoms with Crippen molar-refractivity contribution in [2.75, 3.05) is 20.8 Å². The molecule has 160 valence electrons. The predicted molar refractivity (Wildman–Crippen MR) is 112 cm³/mol. The summed E-state index contributed by atoms with van der Waals surface area (Å²) < 4.78 is 21.7. The van der Waals surface area contributed by atoms with E-state index in [0.29, 0.717) is 17.1 Å². The highest BCUT2D eigenvalue weighted by Crippen LogP contribution is 2.37. The van der Waals surface area contributed by atoms with Gasteiger partial charge in [-0.25, -0.2) is 5.43 Å². The fourth-order valence-corrected chi connectivity index (χ4v) is 2.90. The number of phenolic OH excluding ortho intramolecular Hbond substituents is 1. The van der Waals surface area contributed by atoms with Gasteiger partial charge >= 0.3 is 0 Å². The van der Waals surface area contributed by atoms with Crippen molar-refractivity contribution < 1.29 is 28.8 Å². The Morgan fingerprint density at radius 3 is 2.43 bits per heavy atom. The molecule has 1 unspecified atom stereocenters. The first-order valence-corrected chi connectivity index (χ1v) is 9.45. The summed E-state index contributed by atoms with van der Waals surface area (Å²) in [4.78, 5) is 12.5. The minimum atomic E-state index is -0.825. The molecule has 1 atom stereocenters. The number of fused-ring (bicyclic) bond motifs is 1. The lowest BCUT2D eigenvalue weighted by Gasteiger charge is -2.27. The number of benzene rings is 2. The molecule has 0 radical (unpaired) electrons. The standard InChI is InChI=1S/C22H26N2O6/c1-22(2,3)14-6-7-15-16(10-14)30-19(12-29-15)21(26)24-23-11-13-8-17(27-4)20(25)18(9-13)28-5/h6-11,19,25H,12H2,1-5H3,(H,24,26). The molecular weight excluding hydrogens is 388 g/mol. The number of hydrogen-bond donors (Lipinski definition) is 2. The van der Waals surface area contributed by atoms with Crippen LogP contribution < -0.4 is 24.4 Å². The molecular formula is C22H26N2O6. The van der Waals surface area contributed by atoms with E-state index in [4.69, 9.17) is 18.9 Å². The Hall–Kier alpha value is -3.42. The topological polar surface area (TPSA) is 98.6 Å². The van der Waals surface area contributed by atoms with Crippen LogP contribution in [0.5, 0.6) is 28.7 Å². The number of carbonyl (C=O) groups is 1. The van der Waals surface area contributed by atoms with Gasteiger partial charge < -0.3 is 24.1 Å². The molecule has 0 saturated heterocycles. The molecule has 1 amide bonds. The minimum Gasteiger partial charge on any atom is -0.502 e. The van der Waals surface area contributed by atoms with Crippen LogP contribution in [0, 0.1) is 0 Å². The van der Waals surface area contributed by atoms with Gasteiger partial charge in [-0.2, -0.15) is 5.10 Å². The van der Waals surface area contributed by atoms with Crippen LogP contribution in [0.3, 0.4) is 0 Å². The molecule has 1 heterocycles. The number of carbonyl (C=O) groups excluding carboxylic acids is 1. The number of rotatable bonds is 5. The van der Waals surface area contributed by atoms with Gasteiger partial charge in [0.05, 0.1) is 20.4 Å². The number of nitrogens with one attached hydrogen (secondary N) is 1. The Morgan fingerprint density at radius 2 is 1.83 bits per heavy atom. The van der Waals surface area contributed by atoms with E-state index in [0.717, 1.165) is 5.56 Å². The van der Waals surface area contributed by atoms with Gasteiger partial charge in [0.2, 0.25) is 11.9 Å². The Kier molecular flexibility index (Phi) is 6.05. The van der Waals surface area contributed by atoms with Crippen molar-refractivity contribution >= 4 is 12.1 Å². The summed E-state index contributed by atoms with van der Waals surface area (Å²) in [7, 11) is 2.86. The van der Waals surface area contributed by atoms with Gasteiger partial charge in [0.15, 0.2) is 23.0 Å². The number of nitrogens with zero attached hydrogens (tertiary/aromatic N) is 1. The van der Waals surface area contributed by atoms with Gasteiger partial charge in [-0.05, 0) is 35.2 Å². The SMILES string of the molecule is COc1cc(C=NNC(=O)C2COc3ccc(C(C)(C)C)cc3O2)cc(OC)c1O. The number of hydrogen-bond acceptors (Lipinski definition) is 7. The average Bonchev–Trinajstić information content (AvgIpc) is 2.73. The smallest absolute Gasteiger partial charge is 0.284 e. The fourth-order valence-electron chi connectivity index (χ4n) is 2.90. The number of ether oxygens (including phenoxy) is 4. The fraction of sp³-hybridized carbons (Fsp3) is 0.364. The van der Waals surface area contributed by atoms with Crippen LogP contribution in [0.1, 0.15) is 31.9 Å². The van der Waals surface area contributed by atoms with E-state index in [2.05, 4.69) is 31.3 Å². The van der Waals surface area contributed by atoms with E-state index in [-0.39, 0.29) is 29.3 Å². The second kappa shape index (κ2) is 8.52. The zero-order valence-electron chi connectivity index (χ0n) is 17.7. The van der Waals surface area contributed by atoms with E-state index in [1.54, 1.807) is 12.1 Å². The molecule has 1 aliphatic heterocycles. The molecule has 2 aromatic rings. The Labute approximate surface area is 175 Å². The molecule has 0 spiro atoms. The summed E-state index contributed by atoms with van der Waals surface area (Å²) >= 11 is 0. The summed E-state index contributed by atoms with van der Waals surface area (Å²) in [5, 5.41) is 13.9. The molecule has 30 heavy (non-hydrogen) atoms. The number of methoxy groups -OCH3 is 2. The van der Waals surface area contributed by atoms with E-state index < -0.39 is 12.0 Å².